The van der Waals surface area contributed by atoms with Crippen molar-refractivity contribution < 1.29 is 28.2 Å². The Morgan fingerprint density at radius 3 is 2.53 bits per heavy atom. The molecule has 0 saturated carbocycles. The molecule has 1 aliphatic heterocycles. The smallest absolute Gasteiger partial charge is 0.343 e. The molecule has 3 aromatic rings. The average Bonchev–Trinajstić information content (AvgIpc) is 3.10. The quantitative estimate of drug-likeness (QED) is 0.181. The molecule has 3 aromatic carbocycles. The fourth-order valence-electron chi connectivity index (χ4n) is 3.36. The first-order valence-electron chi connectivity index (χ1n) is 10.7. The van der Waals surface area contributed by atoms with Crippen LogP contribution < -0.4 is 9.47 Å². The molecule has 1 heterocycles. The molecule has 1 aliphatic rings. The maximum atomic E-state index is 13.2. The number of thioether (sulfide) groups is 1. The molecule has 2 amide bonds. The van der Waals surface area contributed by atoms with E-state index in [1.54, 1.807) is 31.2 Å². The molecule has 0 spiro atoms. The second-order valence-electron chi connectivity index (χ2n) is 7.56. The summed E-state index contributed by atoms with van der Waals surface area (Å²) < 4.78 is 24.3. The van der Waals surface area contributed by atoms with Crippen LogP contribution in [-0.4, -0.2) is 28.6 Å². The molecule has 184 valence electrons. The van der Waals surface area contributed by atoms with Gasteiger partial charge in [0.2, 0.25) is 0 Å². The van der Waals surface area contributed by atoms with E-state index in [0.29, 0.717) is 16.1 Å². The van der Waals surface area contributed by atoms with Gasteiger partial charge < -0.3 is 9.47 Å². The van der Waals surface area contributed by atoms with Gasteiger partial charge in [0.15, 0.2) is 11.5 Å². The van der Waals surface area contributed by atoms with Gasteiger partial charge in [-0.25, -0.2) is 9.18 Å². The second kappa shape index (κ2) is 11.2. The van der Waals surface area contributed by atoms with E-state index < -0.39 is 22.9 Å². The maximum absolute atomic E-state index is 13.2. The minimum Gasteiger partial charge on any atom is -0.490 e. The number of esters is 1. The number of amides is 2. The van der Waals surface area contributed by atoms with Crippen LogP contribution in [0.3, 0.4) is 0 Å². The number of imide groups is 1. The van der Waals surface area contributed by atoms with E-state index in [9.17, 15) is 18.8 Å². The van der Waals surface area contributed by atoms with Gasteiger partial charge in [-0.1, -0.05) is 41.4 Å². The van der Waals surface area contributed by atoms with Gasteiger partial charge in [-0.2, -0.15) is 0 Å². The van der Waals surface area contributed by atoms with Gasteiger partial charge in [0.05, 0.1) is 28.6 Å². The van der Waals surface area contributed by atoms with Gasteiger partial charge in [-0.05, 0) is 78.4 Å². The highest BCUT2D eigenvalue weighted by atomic mass is 35.5. The van der Waals surface area contributed by atoms with E-state index in [1.165, 1.54) is 42.5 Å². The summed E-state index contributed by atoms with van der Waals surface area (Å²) in [6.45, 7) is 2.03. The standard InChI is InChI=1S/C26H18Cl2FNO5S/c1-2-34-21-11-16(10-20(28)23(21)35-25(32)17-4-3-5-18(27)13-17)12-22-24(31)30(26(33)36-22)14-15-6-8-19(29)9-7-15/h3-13H,2,14H2,1H3/b22-12-. The summed E-state index contributed by atoms with van der Waals surface area (Å²) in [6, 6.07) is 14.9. The summed E-state index contributed by atoms with van der Waals surface area (Å²) >= 11 is 13.2. The summed E-state index contributed by atoms with van der Waals surface area (Å²) in [7, 11) is 0. The lowest BCUT2D eigenvalue weighted by Crippen LogP contribution is -2.27. The fourth-order valence-corrected chi connectivity index (χ4v) is 4.65. The van der Waals surface area contributed by atoms with Gasteiger partial charge in [0.1, 0.15) is 5.82 Å². The summed E-state index contributed by atoms with van der Waals surface area (Å²) in [5.74, 6) is -1.35. The van der Waals surface area contributed by atoms with Crippen molar-refractivity contribution in [2.24, 2.45) is 0 Å². The molecule has 10 heteroatoms. The number of nitrogens with zero attached hydrogens (tertiary/aromatic N) is 1. The first kappa shape index (κ1) is 25.8. The first-order chi connectivity index (χ1) is 17.2. The lowest BCUT2D eigenvalue weighted by atomic mass is 10.1. The maximum Gasteiger partial charge on any atom is 0.343 e. The molecule has 0 radical (unpaired) electrons. The van der Waals surface area contributed by atoms with E-state index in [-0.39, 0.29) is 40.1 Å². The highest BCUT2D eigenvalue weighted by Crippen LogP contribution is 2.40. The fraction of sp³-hybridized carbons (Fsp3) is 0.115. The molecule has 0 unspecified atom stereocenters. The number of ether oxygens (including phenoxy) is 2. The predicted octanol–water partition coefficient (Wildman–Crippen LogP) is 6.99. The van der Waals surface area contributed by atoms with Crippen molar-refractivity contribution in [3.63, 3.8) is 0 Å². The normalized spacial score (nSPS) is 14.4. The first-order valence-corrected chi connectivity index (χ1v) is 12.3. The summed E-state index contributed by atoms with van der Waals surface area (Å²) in [5.41, 5.74) is 1.32. The predicted molar refractivity (Wildman–Crippen MR) is 137 cm³/mol. The molecule has 0 bridgehead atoms. The van der Waals surface area contributed by atoms with E-state index >= 15 is 0 Å². The second-order valence-corrected chi connectivity index (χ2v) is 9.39. The van der Waals surface area contributed by atoms with Crippen LogP contribution in [0.1, 0.15) is 28.4 Å². The molecular formula is C26H18Cl2FNO5S. The molecular weight excluding hydrogens is 528 g/mol. The monoisotopic (exact) mass is 545 g/mol. The third-order valence-corrected chi connectivity index (χ3v) is 6.44. The molecule has 0 aliphatic carbocycles. The topological polar surface area (TPSA) is 72.9 Å². The zero-order valence-corrected chi connectivity index (χ0v) is 21.1. The van der Waals surface area contributed by atoms with Crippen molar-refractivity contribution in [1.82, 2.24) is 4.90 Å². The van der Waals surface area contributed by atoms with E-state index in [0.717, 1.165) is 16.7 Å². The molecule has 4 rings (SSSR count). The largest absolute Gasteiger partial charge is 0.490 e. The van der Waals surface area contributed by atoms with Crippen LogP contribution in [0.15, 0.2) is 65.6 Å². The summed E-state index contributed by atoms with van der Waals surface area (Å²) in [5, 5.41) is 0.0104. The van der Waals surface area contributed by atoms with E-state index in [2.05, 4.69) is 0 Å². The third kappa shape index (κ3) is 5.90. The van der Waals surface area contributed by atoms with Crippen molar-refractivity contribution in [3.8, 4) is 11.5 Å². The number of benzene rings is 3. The molecule has 0 aromatic heterocycles. The van der Waals surface area contributed by atoms with Crippen LogP contribution in [0.4, 0.5) is 9.18 Å². The zero-order valence-electron chi connectivity index (χ0n) is 18.8. The number of hydrogen-bond acceptors (Lipinski definition) is 6. The molecule has 1 fully saturated rings. The van der Waals surface area contributed by atoms with Crippen LogP contribution in [-0.2, 0) is 11.3 Å². The molecule has 0 atom stereocenters. The third-order valence-electron chi connectivity index (χ3n) is 5.01. The Kier molecular flexibility index (Phi) is 7.98. The highest BCUT2D eigenvalue weighted by molar-refractivity contribution is 8.18. The Morgan fingerprint density at radius 2 is 1.83 bits per heavy atom. The van der Waals surface area contributed by atoms with E-state index in [4.69, 9.17) is 32.7 Å². The summed E-state index contributed by atoms with van der Waals surface area (Å²) in [6.07, 6.45) is 1.51. The lowest BCUT2D eigenvalue weighted by molar-refractivity contribution is -0.123. The van der Waals surface area contributed by atoms with Gasteiger partial charge in [-0.15, -0.1) is 0 Å². The van der Waals surface area contributed by atoms with Gasteiger partial charge >= 0.3 is 5.97 Å². The van der Waals surface area contributed by atoms with Crippen LogP contribution in [0.5, 0.6) is 11.5 Å². The Hall–Kier alpha value is -3.33. The Morgan fingerprint density at radius 1 is 1.08 bits per heavy atom. The van der Waals surface area contributed by atoms with Crippen LogP contribution in [0.25, 0.3) is 6.08 Å². The SMILES string of the molecule is CCOc1cc(/C=C2\SC(=O)N(Cc3ccc(F)cc3)C2=O)cc(Cl)c1OC(=O)c1cccc(Cl)c1. The van der Waals surface area contributed by atoms with Gasteiger partial charge in [-0.3, -0.25) is 14.5 Å². The molecule has 1 saturated heterocycles. The van der Waals surface area contributed by atoms with Gasteiger partial charge in [0, 0.05) is 5.02 Å². The molecule has 6 nitrogen and oxygen atoms in total. The van der Waals surface area contributed by atoms with Crippen molar-refractivity contribution in [2.75, 3.05) is 6.61 Å². The van der Waals surface area contributed by atoms with Gasteiger partial charge in [0.25, 0.3) is 11.1 Å². The van der Waals surface area contributed by atoms with Crippen LogP contribution in [0.2, 0.25) is 10.0 Å². The average molecular weight is 546 g/mol. The minimum absolute atomic E-state index is 0.0186. The number of halogens is 3. The number of hydrogen-bond donors (Lipinski definition) is 0. The summed E-state index contributed by atoms with van der Waals surface area (Å²) in [4.78, 5) is 39.2. The molecule has 36 heavy (non-hydrogen) atoms. The highest BCUT2D eigenvalue weighted by Gasteiger charge is 2.35. The Labute approximate surface area is 220 Å². The Balaban J connectivity index is 1.58. The van der Waals surface area contributed by atoms with Crippen LogP contribution in [0, 0.1) is 5.82 Å². The number of carbonyl (C=O) groups excluding carboxylic acids is 3. The van der Waals surface area contributed by atoms with Crippen molar-refractivity contribution >= 4 is 58.2 Å². The van der Waals surface area contributed by atoms with Crippen molar-refractivity contribution in [2.45, 2.75) is 13.5 Å². The Bertz CT molecular complexity index is 1380. The molecule has 0 N–H and O–H groups in total. The minimum atomic E-state index is -0.671. The number of rotatable bonds is 7. The number of carbonyl (C=O) groups is 3. The van der Waals surface area contributed by atoms with Crippen molar-refractivity contribution in [1.29, 1.82) is 0 Å². The lowest BCUT2D eigenvalue weighted by Gasteiger charge is -2.14. The zero-order chi connectivity index (χ0) is 25.8. The van der Waals surface area contributed by atoms with Crippen molar-refractivity contribution in [3.05, 3.63) is 98.1 Å². The van der Waals surface area contributed by atoms with Crippen LogP contribution >= 0.6 is 35.0 Å². The van der Waals surface area contributed by atoms with E-state index in [1.807, 2.05) is 0 Å².